The number of unbranched alkanes of at least 4 members (excludes halogenated alkanes) is 11. The summed E-state index contributed by atoms with van der Waals surface area (Å²) in [5, 5.41) is 0. The van der Waals surface area contributed by atoms with Crippen LogP contribution in [0.4, 0.5) is 0 Å². The van der Waals surface area contributed by atoms with Crippen LogP contribution in [0.3, 0.4) is 0 Å². The fourth-order valence-electron chi connectivity index (χ4n) is 3.25. The van der Waals surface area contributed by atoms with Crippen LogP contribution in [0.15, 0.2) is 24.0 Å². The summed E-state index contributed by atoms with van der Waals surface area (Å²) in [4.78, 5) is 11.8. The minimum Gasteiger partial charge on any atom is -0.461 e. The number of rotatable bonds is 18. The summed E-state index contributed by atoms with van der Waals surface area (Å²) >= 11 is 0. The van der Waals surface area contributed by atoms with Crippen molar-refractivity contribution in [2.24, 2.45) is 0 Å². The highest BCUT2D eigenvalue weighted by molar-refractivity contribution is 7.54. The average Bonchev–Trinajstić information content (AvgIpc) is 3.11. The first-order chi connectivity index (χ1) is 14.1. The van der Waals surface area contributed by atoms with Gasteiger partial charge in [0.1, 0.15) is 6.61 Å². The Hall–Kier alpha value is -1.06. The molecule has 29 heavy (non-hydrogen) atoms. The Morgan fingerprint density at radius 2 is 1.59 bits per heavy atom. The van der Waals surface area contributed by atoms with Crippen molar-refractivity contribution in [3.8, 4) is 0 Å². The number of carbonyl (C=O) groups excluding carboxylic acids is 1. The lowest BCUT2D eigenvalue weighted by Crippen LogP contribution is -2.08. The molecule has 0 bridgehead atoms. The molecule has 1 heterocycles. The molecule has 0 saturated carbocycles. The first kappa shape index (κ1) is 26.0. The van der Waals surface area contributed by atoms with Gasteiger partial charge in [-0.1, -0.05) is 70.4 Å². The van der Waals surface area contributed by atoms with E-state index in [1.165, 1.54) is 77.6 Å². The molecule has 6 heteroatoms. The van der Waals surface area contributed by atoms with Gasteiger partial charge < -0.3 is 13.8 Å². The summed E-state index contributed by atoms with van der Waals surface area (Å²) in [6.07, 6.45) is 22.8. The Morgan fingerprint density at radius 1 is 1.00 bits per heavy atom. The summed E-state index contributed by atoms with van der Waals surface area (Å²) in [7, 11) is -1.65. The number of allylic oxidation sites excluding steroid dienone is 2. The minimum absolute atomic E-state index is 0.136. The van der Waals surface area contributed by atoms with Crippen molar-refractivity contribution in [2.75, 3.05) is 19.9 Å². The van der Waals surface area contributed by atoms with Crippen molar-refractivity contribution in [2.45, 2.75) is 96.8 Å². The Bertz CT molecular complexity index is 541. The average molecular weight is 429 g/mol. The molecule has 0 aromatic carbocycles. The molecule has 1 rings (SSSR count). The molecular weight excluding hydrogens is 387 g/mol. The molecule has 1 aliphatic rings. The molecular formula is C23H41O5P. The molecule has 0 spiro atoms. The van der Waals surface area contributed by atoms with Crippen molar-refractivity contribution in [1.82, 2.24) is 0 Å². The summed E-state index contributed by atoms with van der Waals surface area (Å²) < 4.78 is 26.9. The third kappa shape index (κ3) is 13.7. The molecule has 168 valence electrons. The largest absolute Gasteiger partial charge is 0.461 e. The standard InChI is InChI=1S/C23H41O5P/c1-3-4-5-6-7-8-9-10-11-12-13-14-15-16-17-18-23(24)27-19-22-20-28-29(25,21-22)26-2/h10-11,20H,3-9,12-19,21H2,1-2H3/b11-10-. The van der Waals surface area contributed by atoms with Crippen LogP contribution >= 0.6 is 7.60 Å². The van der Waals surface area contributed by atoms with E-state index in [1.807, 2.05) is 0 Å². The van der Waals surface area contributed by atoms with Crippen molar-refractivity contribution in [1.29, 1.82) is 0 Å². The molecule has 0 amide bonds. The van der Waals surface area contributed by atoms with Crippen LogP contribution in [0, 0.1) is 0 Å². The van der Waals surface area contributed by atoms with Crippen LogP contribution in [0.1, 0.15) is 96.8 Å². The molecule has 1 unspecified atom stereocenters. The van der Waals surface area contributed by atoms with Crippen molar-refractivity contribution in [3.05, 3.63) is 24.0 Å². The van der Waals surface area contributed by atoms with E-state index >= 15 is 0 Å². The minimum atomic E-state index is -3.01. The van der Waals surface area contributed by atoms with Gasteiger partial charge in [0.25, 0.3) is 0 Å². The number of carbonyl (C=O) groups is 1. The van der Waals surface area contributed by atoms with Crippen molar-refractivity contribution in [3.63, 3.8) is 0 Å². The molecule has 0 saturated heterocycles. The lowest BCUT2D eigenvalue weighted by atomic mass is 10.1. The normalized spacial score (nSPS) is 18.8. The van der Waals surface area contributed by atoms with E-state index in [2.05, 4.69) is 19.1 Å². The van der Waals surface area contributed by atoms with Crippen LogP contribution in [0.25, 0.3) is 0 Å². The lowest BCUT2D eigenvalue weighted by Gasteiger charge is -2.07. The molecule has 0 aromatic rings. The van der Waals surface area contributed by atoms with Crippen molar-refractivity contribution >= 4 is 13.6 Å². The second kappa shape index (κ2) is 16.7. The van der Waals surface area contributed by atoms with Crippen LogP contribution in [0.5, 0.6) is 0 Å². The first-order valence-corrected chi connectivity index (χ1v) is 13.1. The van der Waals surface area contributed by atoms with Crippen LogP contribution in [0.2, 0.25) is 0 Å². The van der Waals surface area contributed by atoms with Gasteiger partial charge in [0, 0.05) is 19.1 Å². The van der Waals surface area contributed by atoms with E-state index < -0.39 is 7.60 Å². The summed E-state index contributed by atoms with van der Waals surface area (Å²) in [5.74, 6) is -0.206. The molecule has 0 fully saturated rings. The zero-order valence-corrected chi connectivity index (χ0v) is 19.4. The molecule has 0 aliphatic carbocycles. The molecule has 0 aromatic heterocycles. The SMILES string of the molecule is CCCCCCCC/C=C\CCCCCCCC(=O)OCC1=COP(=O)(OC)C1. The summed E-state index contributed by atoms with van der Waals surface area (Å²) in [6, 6.07) is 0. The molecule has 5 nitrogen and oxygen atoms in total. The first-order valence-electron chi connectivity index (χ1n) is 11.4. The predicted octanol–water partition coefficient (Wildman–Crippen LogP) is 7.32. The van der Waals surface area contributed by atoms with Gasteiger partial charge in [-0.2, -0.15) is 0 Å². The van der Waals surface area contributed by atoms with Gasteiger partial charge >= 0.3 is 13.6 Å². The fraction of sp³-hybridized carbons (Fsp3) is 0.783. The maximum absolute atomic E-state index is 11.8. The zero-order chi connectivity index (χ0) is 21.2. The van der Waals surface area contributed by atoms with E-state index in [1.54, 1.807) is 0 Å². The second-order valence-electron chi connectivity index (χ2n) is 7.83. The second-order valence-corrected chi connectivity index (χ2v) is 9.94. The summed E-state index contributed by atoms with van der Waals surface area (Å²) in [6.45, 7) is 2.39. The van der Waals surface area contributed by atoms with E-state index in [0.717, 1.165) is 19.3 Å². The van der Waals surface area contributed by atoms with Gasteiger partial charge in [-0.3, -0.25) is 4.79 Å². The van der Waals surface area contributed by atoms with Gasteiger partial charge in [-0.25, -0.2) is 4.57 Å². The molecule has 0 radical (unpaired) electrons. The Labute approximate surface area is 177 Å². The smallest absolute Gasteiger partial charge is 0.382 e. The lowest BCUT2D eigenvalue weighted by molar-refractivity contribution is -0.142. The maximum atomic E-state index is 11.8. The highest BCUT2D eigenvalue weighted by Crippen LogP contribution is 2.53. The molecule has 0 N–H and O–H groups in total. The summed E-state index contributed by atoms with van der Waals surface area (Å²) in [5.41, 5.74) is 0.702. The van der Waals surface area contributed by atoms with Crippen LogP contribution < -0.4 is 0 Å². The quantitative estimate of drug-likeness (QED) is 0.0990. The van der Waals surface area contributed by atoms with E-state index in [4.69, 9.17) is 13.8 Å². The highest BCUT2D eigenvalue weighted by atomic mass is 31.2. The molecule has 1 aliphatic heterocycles. The Balaban J connectivity index is 1.85. The van der Waals surface area contributed by atoms with Crippen LogP contribution in [-0.4, -0.2) is 25.8 Å². The zero-order valence-electron chi connectivity index (χ0n) is 18.5. The number of hydrogen-bond acceptors (Lipinski definition) is 5. The van der Waals surface area contributed by atoms with Crippen LogP contribution in [-0.2, 0) is 23.1 Å². The number of esters is 1. The van der Waals surface area contributed by atoms with E-state index in [9.17, 15) is 9.36 Å². The van der Waals surface area contributed by atoms with Gasteiger partial charge in [-0.15, -0.1) is 0 Å². The fourth-order valence-corrected chi connectivity index (χ4v) is 4.51. The topological polar surface area (TPSA) is 61.8 Å². The predicted molar refractivity (Wildman–Crippen MR) is 119 cm³/mol. The van der Waals surface area contributed by atoms with Crippen molar-refractivity contribution < 1.29 is 23.1 Å². The van der Waals surface area contributed by atoms with E-state index in [-0.39, 0.29) is 18.7 Å². The Kier molecular flexibility index (Phi) is 15.0. The maximum Gasteiger partial charge on any atom is 0.382 e. The van der Waals surface area contributed by atoms with Gasteiger partial charge in [0.05, 0.1) is 12.4 Å². The highest BCUT2D eigenvalue weighted by Gasteiger charge is 2.31. The third-order valence-electron chi connectivity index (χ3n) is 5.12. The van der Waals surface area contributed by atoms with Gasteiger partial charge in [0.15, 0.2) is 0 Å². The number of ether oxygens (including phenoxy) is 1. The Morgan fingerprint density at radius 3 is 2.17 bits per heavy atom. The third-order valence-corrected chi connectivity index (χ3v) is 6.89. The van der Waals surface area contributed by atoms with E-state index in [0.29, 0.717) is 12.0 Å². The molecule has 1 atom stereocenters. The number of hydrogen-bond donors (Lipinski definition) is 0. The van der Waals surface area contributed by atoms with Gasteiger partial charge in [0.2, 0.25) is 0 Å². The monoisotopic (exact) mass is 428 g/mol. The van der Waals surface area contributed by atoms with Gasteiger partial charge in [-0.05, 0) is 32.1 Å².